The highest BCUT2D eigenvalue weighted by Crippen LogP contribution is 2.28. The maximum Gasteiger partial charge on any atom is 0.417 e. The summed E-state index contributed by atoms with van der Waals surface area (Å²) in [6.07, 6.45) is 1.41. The van der Waals surface area contributed by atoms with Crippen molar-refractivity contribution in [3.8, 4) is 0 Å². The zero-order valence-corrected chi connectivity index (χ0v) is 10.9. The molecule has 1 aromatic rings. The van der Waals surface area contributed by atoms with Gasteiger partial charge in [-0.1, -0.05) is 43.3 Å². The number of amides is 2. The molecule has 0 bridgehead atoms. The highest BCUT2D eigenvalue weighted by atomic mass is 16.6. The van der Waals surface area contributed by atoms with E-state index in [9.17, 15) is 9.59 Å². The van der Waals surface area contributed by atoms with E-state index in [0.717, 1.165) is 5.56 Å². The average Bonchev–Trinajstić information content (AvgIpc) is 2.81. The predicted molar refractivity (Wildman–Crippen MR) is 71.4 cm³/mol. The van der Waals surface area contributed by atoms with Crippen molar-refractivity contribution in [1.82, 2.24) is 4.90 Å². The molecule has 4 nitrogen and oxygen atoms in total. The van der Waals surface area contributed by atoms with Crippen LogP contribution in [-0.2, 0) is 9.53 Å². The van der Waals surface area contributed by atoms with Gasteiger partial charge in [0.2, 0.25) is 5.91 Å². The zero-order chi connectivity index (χ0) is 13.8. The van der Waals surface area contributed by atoms with E-state index in [1.807, 2.05) is 37.3 Å². The normalized spacial score (nSPS) is 19.9. The van der Waals surface area contributed by atoms with E-state index in [1.165, 1.54) is 4.90 Å². The van der Waals surface area contributed by atoms with E-state index >= 15 is 0 Å². The summed E-state index contributed by atoms with van der Waals surface area (Å²) < 4.78 is 5.01. The number of carbonyl (C=O) groups is 2. The van der Waals surface area contributed by atoms with E-state index in [1.54, 1.807) is 6.08 Å². The van der Waals surface area contributed by atoms with E-state index in [4.69, 9.17) is 4.74 Å². The maximum atomic E-state index is 12.2. The zero-order valence-electron chi connectivity index (χ0n) is 10.9. The van der Waals surface area contributed by atoms with Crippen LogP contribution in [0.1, 0.15) is 24.9 Å². The Morgan fingerprint density at radius 3 is 2.84 bits per heavy atom. The minimum atomic E-state index is -0.560. The first kappa shape index (κ1) is 13.3. The molecule has 0 aliphatic carbocycles. The summed E-state index contributed by atoms with van der Waals surface area (Å²) in [5, 5.41) is 0. The molecule has 1 aromatic carbocycles. The minimum absolute atomic E-state index is 0.0392. The standard InChI is InChI=1S/C15H17NO3/c1-3-11(2)9-14(17)16-13(10-19-15(16)18)12-7-5-4-6-8-12/h3-8,11,13H,1,9-10H2,2H3/t11-,13-/m1/s1. The van der Waals surface area contributed by atoms with E-state index in [-0.39, 0.29) is 30.9 Å². The van der Waals surface area contributed by atoms with Gasteiger partial charge >= 0.3 is 6.09 Å². The third kappa shape index (κ3) is 2.84. The fourth-order valence-electron chi connectivity index (χ4n) is 2.07. The third-order valence-corrected chi connectivity index (χ3v) is 3.23. The van der Waals surface area contributed by atoms with Gasteiger partial charge in [-0.15, -0.1) is 6.58 Å². The highest BCUT2D eigenvalue weighted by molar-refractivity contribution is 5.93. The first-order valence-electron chi connectivity index (χ1n) is 6.29. The Hall–Kier alpha value is -2.10. The summed E-state index contributed by atoms with van der Waals surface area (Å²) in [5.74, 6) is -0.180. The molecule has 2 rings (SSSR count). The number of ether oxygens (including phenoxy) is 1. The van der Waals surface area contributed by atoms with Crippen LogP contribution in [0.3, 0.4) is 0 Å². The lowest BCUT2D eigenvalue weighted by Gasteiger charge is -2.20. The molecule has 0 N–H and O–H groups in total. The van der Waals surface area contributed by atoms with Gasteiger partial charge in [0.05, 0.1) is 0 Å². The second-order valence-electron chi connectivity index (χ2n) is 4.68. The van der Waals surface area contributed by atoms with Crippen LogP contribution >= 0.6 is 0 Å². The van der Waals surface area contributed by atoms with Crippen LogP contribution in [-0.4, -0.2) is 23.5 Å². The summed E-state index contributed by atoms with van der Waals surface area (Å²) in [6.45, 7) is 5.76. The molecule has 1 aliphatic rings. The van der Waals surface area contributed by atoms with E-state index in [0.29, 0.717) is 0 Å². The van der Waals surface area contributed by atoms with Crippen molar-refractivity contribution in [2.75, 3.05) is 6.61 Å². The van der Waals surface area contributed by atoms with Gasteiger partial charge in [0.1, 0.15) is 12.6 Å². The number of imide groups is 1. The van der Waals surface area contributed by atoms with Gasteiger partial charge in [-0.05, 0) is 11.5 Å². The number of benzene rings is 1. The van der Waals surface area contributed by atoms with Crippen LogP contribution in [0.15, 0.2) is 43.0 Å². The average molecular weight is 259 g/mol. The van der Waals surface area contributed by atoms with Crippen LogP contribution in [0.2, 0.25) is 0 Å². The second-order valence-corrected chi connectivity index (χ2v) is 4.68. The highest BCUT2D eigenvalue weighted by Gasteiger charge is 2.38. The fraction of sp³-hybridized carbons (Fsp3) is 0.333. The monoisotopic (exact) mass is 259 g/mol. The van der Waals surface area contributed by atoms with Crippen molar-refractivity contribution in [1.29, 1.82) is 0 Å². The Bertz CT molecular complexity index is 483. The lowest BCUT2D eigenvalue weighted by atomic mass is 10.0. The number of rotatable bonds is 4. The number of cyclic esters (lactones) is 1. The SMILES string of the molecule is C=C[C@@H](C)CC(=O)N1C(=O)OC[C@@H]1c1ccccc1. The van der Waals surface area contributed by atoms with Gasteiger partial charge in [-0.2, -0.15) is 0 Å². The van der Waals surface area contributed by atoms with Crippen molar-refractivity contribution < 1.29 is 14.3 Å². The molecule has 4 heteroatoms. The largest absolute Gasteiger partial charge is 0.446 e. The molecule has 100 valence electrons. The van der Waals surface area contributed by atoms with Crippen LogP contribution in [0.4, 0.5) is 4.79 Å². The van der Waals surface area contributed by atoms with Gasteiger partial charge in [0, 0.05) is 6.42 Å². The van der Waals surface area contributed by atoms with Gasteiger partial charge in [0.15, 0.2) is 0 Å². The smallest absolute Gasteiger partial charge is 0.417 e. The fourth-order valence-corrected chi connectivity index (χ4v) is 2.07. The van der Waals surface area contributed by atoms with Crippen molar-refractivity contribution in [3.63, 3.8) is 0 Å². The van der Waals surface area contributed by atoms with Crippen LogP contribution in [0.5, 0.6) is 0 Å². The topological polar surface area (TPSA) is 46.6 Å². The molecule has 2 amide bonds. The molecule has 2 atom stereocenters. The van der Waals surface area contributed by atoms with Crippen molar-refractivity contribution in [2.24, 2.45) is 5.92 Å². The molecule has 1 aliphatic heterocycles. The summed E-state index contributed by atoms with van der Waals surface area (Å²) in [5.41, 5.74) is 0.910. The van der Waals surface area contributed by atoms with E-state index in [2.05, 4.69) is 6.58 Å². The predicted octanol–water partition coefficient (Wildman–Crippen LogP) is 2.92. The molecule has 19 heavy (non-hydrogen) atoms. The summed E-state index contributed by atoms with van der Waals surface area (Å²) in [4.78, 5) is 25.1. The quantitative estimate of drug-likeness (QED) is 0.781. The Labute approximate surface area is 112 Å². The lowest BCUT2D eigenvalue weighted by molar-refractivity contribution is -0.129. The summed E-state index contributed by atoms with van der Waals surface area (Å²) in [6, 6.07) is 9.12. The molecule has 1 fully saturated rings. The van der Waals surface area contributed by atoms with Crippen molar-refractivity contribution >= 4 is 12.0 Å². The third-order valence-electron chi connectivity index (χ3n) is 3.23. The Balaban J connectivity index is 2.18. The van der Waals surface area contributed by atoms with Crippen LogP contribution in [0, 0.1) is 5.92 Å². The van der Waals surface area contributed by atoms with Crippen molar-refractivity contribution in [3.05, 3.63) is 48.6 Å². The minimum Gasteiger partial charge on any atom is -0.446 e. The van der Waals surface area contributed by atoms with Gasteiger partial charge < -0.3 is 4.74 Å². The molecule has 0 spiro atoms. The first-order valence-corrected chi connectivity index (χ1v) is 6.29. The number of carbonyl (C=O) groups excluding carboxylic acids is 2. The lowest BCUT2D eigenvalue weighted by Crippen LogP contribution is -2.34. The van der Waals surface area contributed by atoms with Gasteiger partial charge in [0.25, 0.3) is 0 Å². The summed E-state index contributed by atoms with van der Waals surface area (Å²) in [7, 11) is 0. The number of hydrogen-bond acceptors (Lipinski definition) is 3. The van der Waals surface area contributed by atoms with Crippen LogP contribution < -0.4 is 0 Å². The molecule has 1 saturated heterocycles. The number of hydrogen-bond donors (Lipinski definition) is 0. The molecular formula is C15H17NO3. The Kier molecular flexibility index (Phi) is 4.00. The van der Waals surface area contributed by atoms with Gasteiger partial charge in [-0.25, -0.2) is 9.69 Å². The summed E-state index contributed by atoms with van der Waals surface area (Å²) >= 11 is 0. The first-order chi connectivity index (χ1) is 9.13. The number of nitrogens with zero attached hydrogens (tertiary/aromatic N) is 1. The maximum absolute atomic E-state index is 12.2. The molecule has 0 aromatic heterocycles. The van der Waals surface area contributed by atoms with Crippen molar-refractivity contribution in [2.45, 2.75) is 19.4 Å². The molecule has 0 unspecified atom stereocenters. The Morgan fingerprint density at radius 2 is 2.21 bits per heavy atom. The Morgan fingerprint density at radius 1 is 1.53 bits per heavy atom. The molecule has 0 saturated carbocycles. The van der Waals surface area contributed by atoms with Crippen LogP contribution in [0.25, 0.3) is 0 Å². The molecule has 1 heterocycles. The van der Waals surface area contributed by atoms with Gasteiger partial charge in [-0.3, -0.25) is 4.79 Å². The molecule has 0 radical (unpaired) electrons. The molecular weight excluding hydrogens is 242 g/mol. The number of allylic oxidation sites excluding steroid dienone is 1. The van der Waals surface area contributed by atoms with E-state index < -0.39 is 6.09 Å². The second kappa shape index (κ2) is 5.69.